The number of piperidine rings is 1. The van der Waals surface area contributed by atoms with E-state index in [9.17, 15) is 8.78 Å². The maximum absolute atomic E-state index is 14.0. The minimum Gasteiger partial charge on any atom is -0.493 e. The molecule has 0 radical (unpaired) electrons. The third-order valence-corrected chi connectivity index (χ3v) is 3.59. The Bertz CT molecular complexity index is 433. The zero-order chi connectivity index (χ0) is 13.1. The molecule has 1 saturated heterocycles. The summed E-state index contributed by atoms with van der Waals surface area (Å²) in [6.45, 7) is 1.80. The molecule has 0 aliphatic carbocycles. The van der Waals surface area contributed by atoms with E-state index in [0.29, 0.717) is 12.3 Å². The number of ether oxygens (including phenoxy) is 1. The molecule has 0 spiro atoms. The van der Waals surface area contributed by atoms with Gasteiger partial charge in [0.05, 0.1) is 12.1 Å². The summed E-state index contributed by atoms with van der Waals surface area (Å²) in [4.78, 5) is 0. The number of methoxy groups -OCH3 is 1. The molecule has 1 aliphatic rings. The molecule has 2 nitrogen and oxygen atoms in total. The Morgan fingerprint density at radius 1 is 1.50 bits per heavy atom. The summed E-state index contributed by atoms with van der Waals surface area (Å²) in [6, 6.07) is 0.957. The summed E-state index contributed by atoms with van der Waals surface area (Å²) in [7, 11) is 1.34. The van der Waals surface area contributed by atoms with Crippen LogP contribution < -0.4 is 10.1 Å². The second kappa shape index (κ2) is 5.85. The number of benzene rings is 1. The second-order valence-electron chi connectivity index (χ2n) is 4.58. The van der Waals surface area contributed by atoms with E-state index < -0.39 is 11.6 Å². The quantitative estimate of drug-likeness (QED) is 0.856. The molecule has 1 aromatic rings. The van der Waals surface area contributed by atoms with Crippen molar-refractivity contribution in [1.29, 1.82) is 0 Å². The highest BCUT2D eigenvalue weighted by atomic mass is 35.5. The molecule has 0 aromatic heterocycles. The predicted octanol–water partition coefficient (Wildman–Crippen LogP) is 3.17. The van der Waals surface area contributed by atoms with Gasteiger partial charge in [0.25, 0.3) is 0 Å². The summed E-state index contributed by atoms with van der Waals surface area (Å²) < 4.78 is 32.6. The van der Waals surface area contributed by atoms with Gasteiger partial charge < -0.3 is 10.1 Å². The summed E-state index contributed by atoms with van der Waals surface area (Å²) >= 11 is 5.68. The first-order valence-corrected chi connectivity index (χ1v) is 6.42. The van der Waals surface area contributed by atoms with Crippen LogP contribution in [0, 0.1) is 17.6 Å². The maximum atomic E-state index is 14.0. The maximum Gasteiger partial charge on any atom is 0.167 e. The molecule has 1 fully saturated rings. The number of hydrogen-bond donors (Lipinski definition) is 1. The Morgan fingerprint density at radius 3 is 2.89 bits per heavy atom. The second-order valence-corrected chi connectivity index (χ2v) is 4.99. The Morgan fingerprint density at radius 2 is 2.28 bits per heavy atom. The Labute approximate surface area is 110 Å². The fraction of sp³-hybridized carbons (Fsp3) is 0.538. The highest BCUT2D eigenvalue weighted by Crippen LogP contribution is 2.33. The largest absolute Gasteiger partial charge is 0.493 e. The van der Waals surface area contributed by atoms with Crippen LogP contribution in [0.4, 0.5) is 8.78 Å². The minimum atomic E-state index is -0.609. The van der Waals surface area contributed by atoms with Gasteiger partial charge in [0.1, 0.15) is 5.82 Å². The fourth-order valence-electron chi connectivity index (χ4n) is 2.42. The molecule has 100 valence electrons. The molecule has 1 heterocycles. The summed E-state index contributed by atoms with van der Waals surface area (Å²) in [5.74, 6) is -0.911. The number of hydrogen-bond acceptors (Lipinski definition) is 2. The van der Waals surface area contributed by atoms with Crippen molar-refractivity contribution in [1.82, 2.24) is 5.32 Å². The molecule has 1 atom stereocenters. The lowest BCUT2D eigenvalue weighted by atomic mass is 9.91. The fourth-order valence-corrected chi connectivity index (χ4v) is 2.63. The molecule has 0 amide bonds. The molecule has 0 saturated carbocycles. The van der Waals surface area contributed by atoms with Gasteiger partial charge in [-0.25, -0.2) is 8.78 Å². The smallest absolute Gasteiger partial charge is 0.167 e. The summed E-state index contributed by atoms with van der Waals surface area (Å²) in [5, 5.41) is 3.06. The first-order chi connectivity index (χ1) is 8.63. The topological polar surface area (TPSA) is 21.3 Å². The van der Waals surface area contributed by atoms with Gasteiger partial charge in [-0.3, -0.25) is 0 Å². The Kier molecular flexibility index (Phi) is 4.40. The van der Waals surface area contributed by atoms with Crippen molar-refractivity contribution < 1.29 is 13.5 Å². The monoisotopic (exact) mass is 275 g/mol. The molecular weight excluding hydrogens is 260 g/mol. The van der Waals surface area contributed by atoms with Crippen molar-refractivity contribution in [3.8, 4) is 5.75 Å². The molecule has 1 aliphatic heterocycles. The van der Waals surface area contributed by atoms with Crippen molar-refractivity contribution in [3.05, 3.63) is 28.3 Å². The summed E-state index contributed by atoms with van der Waals surface area (Å²) in [6.07, 6.45) is 2.50. The van der Waals surface area contributed by atoms with E-state index in [4.69, 9.17) is 16.3 Å². The average molecular weight is 276 g/mol. The van der Waals surface area contributed by atoms with E-state index in [2.05, 4.69) is 5.32 Å². The van der Waals surface area contributed by atoms with Crippen molar-refractivity contribution >= 4 is 11.6 Å². The van der Waals surface area contributed by atoms with E-state index in [-0.39, 0.29) is 16.3 Å². The highest BCUT2D eigenvalue weighted by molar-refractivity contribution is 6.30. The van der Waals surface area contributed by atoms with Gasteiger partial charge in [-0.1, -0.05) is 11.6 Å². The first kappa shape index (κ1) is 13.6. The van der Waals surface area contributed by atoms with Gasteiger partial charge in [0, 0.05) is 5.56 Å². The molecule has 5 heteroatoms. The molecule has 1 N–H and O–H groups in total. The average Bonchev–Trinajstić information content (AvgIpc) is 2.37. The Hall–Kier alpha value is -0.870. The highest BCUT2D eigenvalue weighted by Gasteiger charge is 2.22. The van der Waals surface area contributed by atoms with Gasteiger partial charge in [-0.15, -0.1) is 0 Å². The Balaban J connectivity index is 2.29. The van der Waals surface area contributed by atoms with Crippen LogP contribution in [0.2, 0.25) is 5.02 Å². The van der Waals surface area contributed by atoms with Gasteiger partial charge in [-0.2, -0.15) is 0 Å². The van der Waals surface area contributed by atoms with Gasteiger partial charge in [0.15, 0.2) is 11.6 Å². The summed E-state index contributed by atoms with van der Waals surface area (Å²) in [5.41, 5.74) is 0.246. The van der Waals surface area contributed by atoms with Crippen molar-refractivity contribution in [2.75, 3.05) is 20.2 Å². The lowest BCUT2D eigenvalue weighted by Crippen LogP contribution is -2.31. The van der Waals surface area contributed by atoms with Crippen LogP contribution in [0.25, 0.3) is 0 Å². The van der Waals surface area contributed by atoms with Crippen LogP contribution in [0.15, 0.2) is 6.07 Å². The minimum absolute atomic E-state index is 0.0255. The molecule has 1 aromatic carbocycles. The number of halogens is 3. The van der Waals surface area contributed by atoms with Crippen LogP contribution in [-0.2, 0) is 6.42 Å². The van der Waals surface area contributed by atoms with Crippen LogP contribution in [-0.4, -0.2) is 20.2 Å². The van der Waals surface area contributed by atoms with Gasteiger partial charge in [0.2, 0.25) is 0 Å². The zero-order valence-corrected chi connectivity index (χ0v) is 11.0. The van der Waals surface area contributed by atoms with Crippen molar-refractivity contribution in [2.24, 2.45) is 5.92 Å². The lowest BCUT2D eigenvalue weighted by molar-refractivity contribution is 0.347. The predicted molar refractivity (Wildman–Crippen MR) is 67.2 cm³/mol. The normalized spacial score (nSPS) is 19.9. The van der Waals surface area contributed by atoms with E-state index >= 15 is 0 Å². The number of nitrogens with one attached hydrogen (secondary N) is 1. The number of rotatable bonds is 3. The third-order valence-electron chi connectivity index (χ3n) is 3.31. The molecule has 0 bridgehead atoms. The first-order valence-electron chi connectivity index (χ1n) is 6.04. The molecular formula is C13H16ClF2NO. The van der Waals surface area contributed by atoms with Crippen molar-refractivity contribution in [2.45, 2.75) is 19.3 Å². The SMILES string of the molecule is COc1c(F)cc(Cl)c(F)c1CC1CCCNC1. The van der Waals surface area contributed by atoms with E-state index in [1.165, 1.54) is 7.11 Å². The van der Waals surface area contributed by atoms with E-state index in [1.54, 1.807) is 0 Å². The third kappa shape index (κ3) is 2.75. The zero-order valence-electron chi connectivity index (χ0n) is 10.2. The van der Waals surface area contributed by atoms with Crippen LogP contribution in [0.1, 0.15) is 18.4 Å². The van der Waals surface area contributed by atoms with Crippen molar-refractivity contribution in [3.63, 3.8) is 0 Å². The standard InChI is InChI=1S/C13H16ClF2NO/c1-18-13-9(5-8-3-2-4-17-7-8)12(16)10(14)6-11(13)15/h6,8,17H,2-5,7H2,1H3. The van der Waals surface area contributed by atoms with Crippen LogP contribution in [0.3, 0.4) is 0 Å². The van der Waals surface area contributed by atoms with Gasteiger partial charge in [-0.05, 0) is 44.3 Å². The van der Waals surface area contributed by atoms with Crippen LogP contribution in [0.5, 0.6) is 5.75 Å². The van der Waals surface area contributed by atoms with E-state index in [0.717, 1.165) is 32.0 Å². The van der Waals surface area contributed by atoms with Gasteiger partial charge >= 0.3 is 0 Å². The lowest BCUT2D eigenvalue weighted by Gasteiger charge is -2.24. The molecule has 18 heavy (non-hydrogen) atoms. The molecule has 1 unspecified atom stereocenters. The molecule has 2 rings (SSSR count). The van der Waals surface area contributed by atoms with Crippen LogP contribution >= 0.6 is 11.6 Å². The van der Waals surface area contributed by atoms with E-state index in [1.807, 2.05) is 0 Å².